The van der Waals surface area contributed by atoms with Crippen molar-refractivity contribution in [3.05, 3.63) is 41.3 Å². The maximum absolute atomic E-state index is 12.9. The molecular weight excluding hydrogens is 335 g/mol. The Kier molecular flexibility index (Phi) is 4.55. The van der Waals surface area contributed by atoms with Crippen LogP contribution in [0.1, 0.15) is 29.9 Å². The number of likely N-dealkylation sites (tertiary alicyclic amines) is 1. The maximum Gasteiger partial charge on any atom is 0.416 e. The normalized spacial score (nSPS) is 18.6. The first-order valence-electron chi connectivity index (χ1n) is 7.93. The Morgan fingerprint density at radius 3 is 2.88 bits per heavy atom. The fourth-order valence-corrected chi connectivity index (χ4v) is 3.06. The van der Waals surface area contributed by atoms with Crippen LogP contribution in [0, 0.1) is 6.92 Å². The Bertz CT molecular complexity index is 786. The van der Waals surface area contributed by atoms with E-state index in [-0.39, 0.29) is 23.4 Å². The summed E-state index contributed by atoms with van der Waals surface area (Å²) in [6.07, 6.45) is -2.86. The Hall–Kier alpha value is -2.35. The largest absolute Gasteiger partial charge is 0.441 e. The number of hydrogen-bond acceptors (Lipinski definition) is 4. The molecule has 2 heterocycles. The number of oxazole rings is 1. The molecule has 0 spiro atoms. The highest BCUT2D eigenvalue weighted by Gasteiger charge is 2.32. The van der Waals surface area contributed by atoms with Crippen LogP contribution in [0.3, 0.4) is 0 Å². The number of primary amides is 1. The highest BCUT2D eigenvalue weighted by Crippen LogP contribution is 2.32. The number of alkyl halides is 3. The van der Waals surface area contributed by atoms with Gasteiger partial charge in [0.15, 0.2) is 0 Å². The minimum absolute atomic E-state index is 0.133. The topological polar surface area (TPSA) is 72.4 Å². The summed E-state index contributed by atoms with van der Waals surface area (Å²) < 4.78 is 44.1. The van der Waals surface area contributed by atoms with Crippen LogP contribution < -0.4 is 5.73 Å². The van der Waals surface area contributed by atoms with Crippen LogP contribution in [0.2, 0.25) is 0 Å². The van der Waals surface area contributed by atoms with Gasteiger partial charge in [-0.05, 0) is 44.5 Å². The number of nitrogens with two attached hydrogens (primary N) is 1. The summed E-state index contributed by atoms with van der Waals surface area (Å²) in [5, 5.41) is 0. The highest BCUT2D eigenvalue weighted by molar-refractivity contribution is 5.80. The van der Waals surface area contributed by atoms with Crippen LogP contribution in [0.4, 0.5) is 13.2 Å². The summed E-state index contributed by atoms with van der Waals surface area (Å²) >= 11 is 0. The lowest BCUT2D eigenvalue weighted by atomic mass is 10.1. The van der Waals surface area contributed by atoms with E-state index in [1.807, 2.05) is 4.90 Å². The smallest absolute Gasteiger partial charge is 0.416 e. The Morgan fingerprint density at radius 1 is 1.44 bits per heavy atom. The van der Waals surface area contributed by atoms with Gasteiger partial charge in [0, 0.05) is 12.1 Å². The first-order valence-corrected chi connectivity index (χ1v) is 7.93. The van der Waals surface area contributed by atoms with E-state index in [0.29, 0.717) is 24.4 Å². The van der Waals surface area contributed by atoms with Gasteiger partial charge >= 0.3 is 6.18 Å². The molecule has 25 heavy (non-hydrogen) atoms. The van der Waals surface area contributed by atoms with Gasteiger partial charge in [-0.1, -0.05) is 6.07 Å². The number of halogens is 3. The second kappa shape index (κ2) is 6.51. The predicted molar refractivity (Wildman–Crippen MR) is 84.3 cm³/mol. The van der Waals surface area contributed by atoms with Crippen molar-refractivity contribution in [3.63, 3.8) is 0 Å². The van der Waals surface area contributed by atoms with Crippen molar-refractivity contribution >= 4 is 5.91 Å². The van der Waals surface area contributed by atoms with Crippen LogP contribution in [0.5, 0.6) is 0 Å². The van der Waals surface area contributed by atoms with Gasteiger partial charge in [-0.25, -0.2) is 4.98 Å². The molecule has 1 aromatic heterocycles. The molecule has 1 aliphatic heterocycles. The minimum Gasteiger partial charge on any atom is -0.441 e. The molecule has 1 atom stereocenters. The van der Waals surface area contributed by atoms with E-state index >= 15 is 0 Å². The quantitative estimate of drug-likeness (QED) is 0.917. The third-order valence-corrected chi connectivity index (χ3v) is 4.37. The summed E-state index contributed by atoms with van der Waals surface area (Å²) in [4.78, 5) is 17.7. The number of nitrogens with zero attached hydrogens (tertiary/aromatic N) is 2. The lowest BCUT2D eigenvalue weighted by molar-refractivity contribution is -0.137. The number of hydrogen-bond donors (Lipinski definition) is 1. The standard InChI is InChI=1S/C17H18F3N3O2/c1-10-13(9-23-7-3-6-14(23)15(21)24)22-16(25-10)11-4-2-5-12(8-11)17(18,19)20/h2,4-5,8,14H,3,6-7,9H2,1H3,(H2,21,24)/t14-/m0/s1. The van der Waals surface area contributed by atoms with Gasteiger partial charge in [-0.2, -0.15) is 13.2 Å². The second-order valence-electron chi connectivity index (χ2n) is 6.13. The van der Waals surface area contributed by atoms with Gasteiger partial charge in [-0.3, -0.25) is 9.69 Å². The molecule has 3 rings (SSSR count). The minimum atomic E-state index is -4.43. The van der Waals surface area contributed by atoms with Crippen LogP contribution in [-0.2, 0) is 17.5 Å². The molecular formula is C17H18F3N3O2. The van der Waals surface area contributed by atoms with Crippen molar-refractivity contribution in [1.29, 1.82) is 0 Å². The van der Waals surface area contributed by atoms with Crippen LogP contribution >= 0.6 is 0 Å². The molecule has 1 fully saturated rings. The zero-order valence-corrected chi connectivity index (χ0v) is 13.6. The van der Waals surface area contributed by atoms with Gasteiger partial charge in [0.25, 0.3) is 0 Å². The van der Waals surface area contributed by atoms with Gasteiger partial charge in [0.2, 0.25) is 11.8 Å². The molecule has 2 N–H and O–H groups in total. The molecule has 8 heteroatoms. The van der Waals surface area contributed by atoms with Crippen molar-refractivity contribution in [2.24, 2.45) is 5.73 Å². The molecule has 134 valence electrons. The van der Waals surface area contributed by atoms with E-state index in [4.69, 9.17) is 10.2 Å². The number of aromatic nitrogens is 1. The zero-order valence-electron chi connectivity index (χ0n) is 13.6. The number of rotatable bonds is 4. The van der Waals surface area contributed by atoms with Crippen molar-refractivity contribution in [2.75, 3.05) is 6.54 Å². The summed E-state index contributed by atoms with van der Waals surface area (Å²) in [5.41, 5.74) is 5.51. The molecule has 0 unspecified atom stereocenters. The fourth-order valence-electron chi connectivity index (χ4n) is 3.06. The number of aryl methyl sites for hydroxylation is 1. The number of amides is 1. The van der Waals surface area contributed by atoms with Gasteiger partial charge in [0.05, 0.1) is 17.3 Å². The fraction of sp³-hybridized carbons (Fsp3) is 0.412. The van der Waals surface area contributed by atoms with E-state index in [1.54, 1.807) is 6.92 Å². The van der Waals surface area contributed by atoms with Gasteiger partial charge in [-0.15, -0.1) is 0 Å². The highest BCUT2D eigenvalue weighted by atomic mass is 19.4. The SMILES string of the molecule is Cc1oc(-c2cccc(C(F)(F)F)c2)nc1CN1CCC[C@H]1C(N)=O. The molecule has 1 aromatic carbocycles. The van der Waals surface area contributed by atoms with E-state index in [0.717, 1.165) is 25.1 Å². The van der Waals surface area contributed by atoms with Gasteiger partial charge < -0.3 is 10.2 Å². The predicted octanol–water partition coefficient (Wildman–Crippen LogP) is 3.12. The van der Waals surface area contributed by atoms with Crippen molar-refractivity contribution in [3.8, 4) is 11.5 Å². The molecule has 0 bridgehead atoms. The molecule has 0 radical (unpaired) electrons. The average Bonchev–Trinajstić information content (AvgIpc) is 3.14. The third kappa shape index (κ3) is 3.68. The lowest BCUT2D eigenvalue weighted by Crippen LogP contribution is -2.39. The van der Waals surface area contributed by atoms with E-state index in [2.05, 4.69) is 4.98 Å². The van der Waals surface area contributed by atoms with E-state index < -0.39 is 11.7 Å². The molecule has 1 aliphatic rings. The molecule has 0 saturated carbocycles. The average molecular weight is 353 g/mol. The Labute approximate surface area is 142 Å². The maximum atomic E-state index is 12.9. The first kappa shape index (κ1) is 17.5. The lowest BCUT2D eigenvalue weighted by Gasteiger charge is -2.20. The molecule has 2 aromatic rings. The summed E-state index contributed by atoms with van der Waals surface area (Å²) in [6, 6.07) is 4.51. The van der Waals surface area contributed by atoms with Crippen molar-refractivity contribution in [1.82, 2.24) is 9.88 Å². The van der Waals surface area contributed by atoms with Crippen LogP contribution in [0.15, 0.2) is 28.7 Å². The summed E-state index contributed by atoms with van der Waals surface area (Å²) in [6.45, 7) is 2.80. The Morgan fingerprint density at radius 2 is 2.20 bits per heavy atom. The van der Waals surface area contributed by atoms with Crippen LogP contribution in [0.25, 0.3) is 11.5 Å². The van der Waals surface area contributed by atoms with Crippen molar-refractivity contribution in [2.45, 2.75) is 38.5 Å². The van der Waals surface area contributed by atoms with Crippen LogP contribution in [-0.4, -0.2) is 28.4 Å². The first-order chi connectivity index (χ1) is 11.8. The second-order valence-corrected chi connectivity index (χ2v) is 6.13. The summed E-state index contributed by atoms with van der Waals surface area (Å²) in [5.74, 6) is 0.271. The summed E-state index contributed by atoms with van der Waals surface area (Å²) in [7, 11) is 0. The monoisotopic (exact) mass is 353 g/mol. The number of benzene rings is 1. The zero-order chi connectivity index (χ0) is 18.2. The van der Waals surface area contributed by atoms with Gasteiger partial charge in [0.1, 0.15) is 5.76 Å². The number of carbonyl (C=O) groups is 1. The number of carbonyl (C=O) groups excluding carboxylic acids is 1. The molecule has 0 aliphatic carbocycles. The molecule has 1 amide bonds. The Balaban J connectivity index is 1.85. The molecule has 1 saturated heterocycles. The van der Waals surface area contributed by atoms with E-state index in [1.165, 1.54) is 12.1 Å². The van der Waals surface area contributed by atoms with Crippen molar-refractivity contribution < 1.29 is 22.4 Å². The third-order valence-electron chi connectivity index (χ3n) is 4.37. The molecule has 5 nitrogen and oxygen atoms in total. The van der Waals surface area contributed by atoms with E-state index in [9.17, 15) is 18.0 Å².